The number of nitrogens with two attached hydrogens (primary N) is 1. The Hall–Kier alpha value is -1.92. The fourth-order valence-corrected chi connectivity index (χ4v) is 3.04. The van der Waals surface area contributed by atoms with E-state index in [2.05, 4.69) is 20.7 Å². The Morgan fingerprint density at radius 3 is 2.81 bits per heavy atom. The zero-order valence-corrected chi connectivity index (χ0v) is 11.9. The zero-order valence-electron chi connectivity index (χ0n) is 11.9. The SMILES string of the molecule is NNc1nc(NC2CCCCC2CO)c2ccccc2n1. The molecule has 3 rings (SSSR count). The molecule has 21 heavy (non-hydrogen) atoms. The number of hydrogen-bond donors (Lipinski definition) is 4. The Morgan fingerprint density at radius 2 is 2.00 bits per heavy atom. The number of hydrogen-bond acceptors (Lipinski definition) is 6. The quantitative estimate of drug-likeness (QED) is 0.506. The number of para-hydroxylation sites is 1. The Morgan fingerprint density at radius 1 is 1.19 bits per heavy atom. The highest BCUT2D eigenvalue weighted by Crippen LogP contribution is 2.29. The zero-order chi connectivity index (χ0) is 14.7. The van der Waals surface area contributed by atoms with Gasteiger partial charge in [-0.3, -0.25) is 5.43 Å². The first-order chi connectivity index (χ1) is 10.3. The summed E-state index contributed by atoms with van der Waals surface area (Å²) >= 11 is 0. The molecule has 2 atom stereocenters. The van der Waals surface area contributed by atoms with Gasteiger partial charge < -0.3 is 10.4 Å². The fraction of sp³-hybridized carbons (Fsp3) is 0.467. The Bertz CT molecular complexity index is 618. The van der Waals surface area contributed by atoms with E-state index in [0.717, 1.165) is 29.6 Å². The molecule has 5 N–H and O–H groups in total. The van der Waals surface area contributed by atoms with E-state index >= 15 is 0 Å². The third kappa shape index (κ3) is 2.91. The predicted octanol–water partition coefficient (Wildman–Crippen LogP) is 1.88. The van der Waals surface area contributed by atoms with Crippen LogP contribution in [0.25, 0.3) is 10.9 Å². The van der Waals surface area contributed by atoms with E-state index in [9.17, 15) is 5.11 Å². The molecule has 1 aromatic carbocycles. The van der Waals surface area contributed by atoms with Crippen LogP contribution in [0.1, 0.15) is 25.7 Å². The first kappa shape index (κ1) is 14.0. The maximum absolute atomic E-state index is 9.55. The Balaban J connectivity index is 1.95. The average Bonchev–Trinajstić information content (AvgIpc) is 2.55. The summed E-state index contributed by atoms with van der Waals surface area (Å²) in [4.78, 5) is 8.79. The summed E-state index contributed by atoms with van der Waals surface area (Å²) < 4.78 is 0. The van der Waals surface area contributed by atoms with Gasteiger partial charge >= 0.3 is 0 Å². The van der Waals surface area contributed by atoms with E-state index < -0.39 is 0 Å². The maximum atomic E-state index is 9.55. The molecule has 2 unspecified atom stereocenters. The lowest BCUT2D eigenvalue weighted by Gasteiger charge is -2.31. The first-order valence-electron chi connectivity index (χ1n) is 7.42. The number of nitrogen functional groups attached to an aromatic ring is 1. The average molecular weight is 287 g/mol. The second kappa shape index (κ2) is 6.24. The topological polar surface area (TPSA) is 96.1 Å². The third-order valence-electron chi connectivity index (χ3n) is 4.20. The van der Waals surface area contributed by atoms with Gasteiger partial charge in [-0.05, 0) is 25.0 Å². The maximum Gasteiger partial charge on any atom is 0.239 e. The largest absolute Gasteiger partial charge is 0.396 e. The van der Waals surface area contributed by atoms with Crippen molar-refractivity contribution in [1.82, 2.24) is 9.97 Å². The standard InChI is InChI=1S/C15H21N5O/c16-20-15-18-13-8-4-2-6-11(13)14(19-15)17-12-7-3-1-5-10(12)9-21/h2,4,6,8,10,12,21H,1,3,5,7,9,16H2,(H2,17,18,19,20). The highest BCUT2D eigenvalue weighted by molar-refractivity contribution is 5.90. The highest BCUT2D eigenvalue weighted by Gasteiger charge is 2.25. The van der Waals surface area contributed by atoms with Gasteiger partial charge in [-0.25, -0.2) is 10.8 Å². The van der Waals surface area contributed by atoms with Crippen LogP contribution in [0.15, 0.2) is 24.3 Å². The molecule has 112 valence electrons. The number of nitrogens with zero attached hydrogens (tertiary/aromatic N) is 2. The van der Waals surface area contributed by atoms with Crippen LogP contribution in [0.4, 0.5) is 11.8 Å². The molecule has 0 aliphatic heterocycles. The molecular formula is C15H21N5O. The van der Waals surface area contributed by atoms with Crippen LogP contribution in [-0.4, -0.2) is 27.7 Å². The summed E-state index contributed by atoms with van der Waals surface area (Å²) in [6.07, 6.45) is 4.47. The van der Waals surface area contributed by atoms with Crippen molar-refractivity contribution in [3.05, 3.63) is 24.3 Å². The number of hydrazine groups is 1. The lowest BCUT2D eigenvalue weighted by atomic mass is 9.85. The molecule has 2 aromatic rings. The number of anilines is 2. The summed E-state index contributed by atoms with van der Waals surface area (Å²) in [6.45, 7) is 0.211. The molecule has 1 aromatic heterocycles. The van der Waals surface area contributed by atoms with Crippen molar-refractivity contribution in [2.75, 3.05) is 17.3 Å². The van der Waals surface area contributed by atoms with Gasteiger partial charge in [0.25, 0.3) is 0 Å². The van der Waals surface area contributed by atoms with E-state index in [1.165, 1.54) is 12.8 Å². The van der Waals surface area contributed by atoms with Crippen molar-refractivity contribution < 1.29 is 5.11 Å². The molecule has 0 radical (unpaired) electrons. The number of aromatic nitrogens is 2. The van der Waals surface area contributed by atoms with Crippen molar-refractivity contribution in [3.63, 3.8) is 0 Å². The molecule has 0 bridgehead atoms. The normalized spacial score (nSPS) is 22.2. The molecule has 6 nitrogen and oxygen atoms in total. The van der Waals surface area contributed by atoms with Gasteiger partial charge in [0.2, 0.25) is 5.95 Å². The van der Waals surface area contributed by atoms with Crippen LogP contribution < -0.4 is 16.6 Å². The van der Waals surface area contributed by atoms with Gasteiger partial charge in [0.05, 0.1) is 5.52 Å². The molecule has 6 heteroatoms. The molecular weight excluding hydrogens is 266 g/mol. The van der Waals surface area contributed by atoms with Crippen molar-refractivity contribution in [1.29, 1.82) is 0 Å². The first-order valence-corrected chi connectivity index (χ1v) is 7.42. The number of aliphatic hydroxyl groups excluding tert-OH is 1. The lowest BCUT2D eigenvalue weighted by Crippen LogP contribution is -2.34. The van der Waals surface area contributed by atoms with Gasteiger partial charge in [-0.15, -0.1) is 0 Å². The fourth-order valence-electron chi connectivity index (χ4n) is 3.04. The third-order valence-corrected chi connectivity index (χ3v) is 4.20. The highest BCUT2D eigenvalue weighted by atomic mass is 16.3. The minimum Gasteiger partial charge on any atom is -0.396 e. The van der Waals surface area contributed by atoms with Crippen molar-refractivity contribution >= 4 is 22.7 Å². The number of benzene rings is 1. The minimum atomic E-state index is 0.211. The van der Waals surface area contributed by atoms with Crippen molar-refractivity contribution in [3.8, 4) is 0 Å². The van der Waals surface area contributed by atoms with Crippen molar-refractivity contribution in [2.45, 2.75) is 31.7 Å². The molecule has 0 spiro atoms. The van der Waals surface area contributed by atoms with E-state index in [1.54, 1.807) is 0 Å². The summed E-state index contributed by atoms with van der Waals surface area (Å²) in [7, 11) is 0. The molecule has 0 saturated heterocycles. The summed E-state index contributed by atoms with van der Waals surface area (Å²) in [5.41, 5.74) is 3.36. The smallest absolute Gasteiger partial charge is 0.239 e. The second-order valence-electron chi connectivity index (χ2n) is 5.54. The Kier molecular flexibility index (Phi) is 4.17. The number of rotatable bonds is 4. The van der Waals surface area contributed by atoms with E-state index in [0.29, 0.717) is 5.95 Å². The van der Waals surface area contributed by atoms with Gasteiger partial charge in [-0.2, -0.15) is 4.98 Å². The van der Waals surface area contributed by atoms with Crippen LogP contribution in [0.2, 0.25) is 0 Å². The number of fused-ring (bicyclic) bond motifs is 1. The summed E-state index contributed by atoms with van der Waals surface area (Å²) in [6, 6.07) is 8.09. The lowest BCUT2D eigenvalue weighted by molar-refractivity contribution is 0.178. The van der Waals surface area contributed by atoms with E-state index in [-0.39, 0.29) is 18.6 Å². The van der Waals surface area contributed by atoms with Gasteiger partial charge in [0, 0.05) is 24.0 Å². The van der Waals surface area contributed by atoms with Crippen LogP contribution >= 0.6 is 0 Å². The van der Waals surface area contributed by atoms with Crippen LogP contribution in [0.3, 0.4) is 0 Å². The van der Waals surface area contributed by atoms with Gasteiger partial charge in [-0.1, -0.05) is 25.0 Å². The molecule has 1 saturated carbocycles. The van der Waals surface area contributed by atoms with Crippen molar-refractivity contribution in [2.24, 2.45) is 11.8 Å². The molecule has 1 heterocycles. The summed E-state index contributed by atoms with van der Waals surface area (Å²) in [5.74, 6) is 6.91. The number of aliphatic hydroxyl groups is 1. The van der Waals surface area contributed by atoms with Gasteiger partial charge in [0.1, 0.15) is 5.82 Å². The van der Waals surface area contributed by atoms with Crippen LogP contribution in [-0.2, 0) is 0 Å². The monoisotopic (exact) mass is 287 g/mol. The van der Waals surface area contributed by atoms with Gasteiger partial charge in [0.15, 0.2) is 0 Å². The number of nitrogens with one attached hydrogen (secondary N) is 2. The second-order valence-corrected chi connectivity index (χ2v) is 5.54. The van der Waals surface area contributed by atoms with Crippen LogP contribution in [0, 0.1) is 5.92 Å². The molecule has 1 aliphatic rings. The van der Waals surface area contributed by atoms with E-state index in [1.807, 2.05) is 24.3 Å². The minimum absolute atomic E-state index is 0.211. The predicted molar refractivity (Wildman–Crippen MR) is 83.8 cm³/mol. The van der Waals surface area contributed by atoms with E-state index in [4.69, 9.17) is 5.84 Å². The Labute approximate surface area is 123 Å². The molecule has 0 amide bonds. The molecule has 1 aliphatic carbocycles. The molecule has 1 fully saturated rings. The van der Waals surface area contributed by atoms with Crippen LogP contribution in [0.5, 0.6) is 0 Å². The summed E-state index contributed by atoms with van der Waals surface area (Å²) in [5, 5.41) is 14.0.